The van der Waals surface area contributed by atoms with Crippen LogP contribution in [0.1, 0.15) is 39.5 Å². The van der Waals surface area contributed by atoms with Gasteiger partial charge >= 0.3 is 0 Å². The average Bonchev–Trinajstić information content (AvgIpc) is 2.28. The fraction of sp³-hybridized carbons (Fsp3) is 0.917. The number of carbonyl (C=O) groups excluding carboxylic acids is 1. The third kappa shape index (κ3) is 6.08. The van der Waals surface area contributed by atoms with E-state index in [0.717, 1.165) is 25.7 Å². The number of aliphatic hydroxyl groups excluding tert-OH is 1. The van der Waals surface area contributed by atoms with Crippen LogP contribution in [0.15, 0.2) is 0 Å². The third-order valence-electron chi connectivity index (χ3n) is 2.95. The number of rotatable bonds is 9. The first-order chi connectivity index (χ1) is 7.69. The van der Waals surface area contributed by atoms with Crippen LogP contribution < -0.4 is 11.1 Å². The number of aliphatic hydroxyl groups is 1. The van der Waals surface area contributed by atoms with E-state index in [-0.39, 0.29) is 18.4 Å². The van der Waals surface area contributed by atoms with Crippen LogP contribution >= 0.6 is 0 Å². The number of nitrogens with one attached hydrogen (secondary N) is 1. The van der Waals surface area contributed by atoms with Crippen molar-refractivity contribution in [3.05, 3.63) is 0 Å². The maximum absolute atomic E-state index is 11.7. The zero-order valence-corrected chi connectivity index (χ0v) is 10.5. The lowest BCUT2D eigenvalue weighted by Gasteiger charge is -2.18. The molecule has 0 fully saturated rings. The molecule has 16 heavy (non-hydrogen) atoms. The van der Waals surface area contributed by atoms with Gasteiger partial charge in [0.15, 0.2) is 0 Å². The lowest BCUT2D eigenvalue weighted by Crippen LogP contribution is -2.37. The molecule has 0 aromatic carbocycles. The molecule has 4 heteroatoms. The maximum Gasteiger partial charge on any atom is 0.224 e. The van der Waals surface area contributed by atoms with Crippen molar-refractivity contribution in [1.29, 1.82) is 0 Å². The van der Waals surface area contributed by atoms with E-state index in [1.54, 1.807) is 0 Å². The van der Waals surface area contributed by atoms with Crippen LogP contribution in [-0.4, -0.2) is 30.7 Å². The standard InChI is InChI=1S/C12H26N2O2/c1-3-5-10(6-7-15)9-14-12(16)11(4-2)8-13/h10-11,15H,3-9,13H2,1-2H3,(H,14,16). The Kier molecular flexibility index (Phi) is 9.24. The molecule has 96 valence electrons. The zero-order chi connectivity index (χ0) is 12.4. The summed E-state index contributed by atoms with van der Waals surface area (Å²) in [5.41, 5.74) is 5.51. The smallest absolute Gasteiger partial charge is 0.224 e. The van der Waals surface area contributed by atoms with E-state index in [1.807, 2.05) is 6.92 Å². The van der Waals surface area contributed by atoms with Gasteiger partial charge in [0.2, 0.25) is 5.91 Å². The maximum atomic E-state index is 11.7. The molecule has 0 saturated carbocycles. The van der Waals surface area contributed by atoms with Gasteiger partial charge in [0, 0.05) is 25.6 Å². The minimum Gasteiger partial charge on any atom is -0.396 e. The number of carbonyl (C=O) groups is 1. The summed E-state index contributed by atoms with van der Waals surface area (Å²) < 4.78 is 0. The summed E-state index contributed by atoms with van der Waals surface area (Å²) in [7, 11) is 0. The molecule has 1 amide bonds. The van der Waals surface area contributed by atoms with Gasteiger partial charge in [0.1, 0.15) is 0 Å². The number of hydrogen-bond donors (Lipinski definition) is 3. The summed E-state index contributed by atoms with van der Waals surface area (Å²) in [5, 5.41) is 11.8. The molecule has 0 aliphatic rings. The molecule has 4 nitrogen and oxygen atoms in total. The van der Waals surface area contributed by atoms with Crippen LogP contribution in [0.4, 0.5) is 0 Å². The van der Waals surface area contributed by atoms with E-state index in [9.17, 15) is 4.79 Å². The van der Waals surface area contributed by atoms with E-state index < -0.39 is 0 Å². The lowest BCUT2D eigenvalue weighted by atomic mass is 9.99. The molecule has 0 aliphatic carbocycles. The second kappa shape index (κ2) is 9.60. The average molecular weight is 230 g/mol. The molecule has 4 N–H and O–H groups in total. The highest BCUT2D eigenvalue weighted by atomic mass is 16.3. The van der Waals surface area contributed by atoms with Crippen molar-refractivity contribution in [2.75, 3.05) is 19.7 Å². The molecule has 0 bridgehead atoms. The first kappa shape index (κ1) is 15.4. The van der Waals surface area contributed by atoms with E-state index in [0.29, 0.717) is 19.0 Å². The van der Waals surface area contributed by atoms with Gasteiger partial charge in [-0.05, 0) is 25.2 Å². The SMILES string of the molecule is CCCC(CCO)CNC(=O)C(CC)CN. The van der Waals surface area contributed by atoms with Gasteiger partial charge in [-0.2, -0.15) is 0 Å². The molecule has 0 heterocycles. The second-order valence-electron chi connectivity index (χ2n) is 4.25. The molecule has 0 radical (unpaired) electrons. The summed E-state index contributed by atoms with van der Waals surface area (Å²) in [6.07, 6.45) is 3.66. The Morgan fingerprint density at radius 1 is 1.38 bits per heavy atom. The summed E-state index contributed by atoms with van der Waals surface area (Å²) in [4.78, 5) is 11.7. The fourth-order valence-electron chi connectivity index (χ4n) is 1.79. The first-order valence-corrected chi connectivity index (χ1v) is 6.28. The Balaban J connectivity index is 3.93. The van der Waals surface area contributed by atoms with Gasteiger partial charge in [-0.1, -0.05) is 20.3 Å². The van der Waals surface area contributed by atoms with Crippen molar-refractivity contribution in [3.8, 4) is 0 Å². The van der Waals surface area contributed by atoms with Crippen LogP contribution in [0.3, 0.4) is 0 Å². The number of hydrogen-bond acceptors (Lipinski definition) is 3. The monoisotopic (exact) mass is 230 g/mol. The zero-order valence-electron chi connectivity index (χ0n) is 10.5. The quantitative estimate of drug-likeness (QED) is 0.550. The Hall–Kier alpha value is -0.610. The Bertz CT molecular complexity index is 176. The predicted octanol–water partition coefficient (Wildman–Crippen LogP) is 0.886. The molecular weight excluding hydrogens is 204 g/mol. The van der Waals surface area contributed by atoms with E-state index >= 15 is 0 Å². The minimum absolute atomic E-state index is 0.0454. The van der Waals surface area contributed by atoms with Gasteiger partial charge in [-0.3, -0.25) is 4.79 Å². The Morgan fingerprint density at radius 2 is 2.06 bits per heavy atom. The van der Waals surface area contributed by atoms with Crippen LogP contribution in [-0.2, 0) is 4.79 Å². The summed E-state index contributed by atoms with van der Waals surface area (Å²) in [6, 6.07) is 0. The van der Waals surface area contributed by atoms with Gasteiger partial charge in [0.25, 0.3) is 0 Å². The van der Waals surface area contributed by atoms with Crippen molar-refractivity contribution in [1.82, 2.24) is 5.32 Å². The van der Waals surface area contributed by atoms with E-state index in [4.69, 9.17) is 10.8 Å². The first-order valence-electron chi connectivity index (χ1n) is 6.28. The van der Waals surface area contributed by atoms with E-state index in [1.165, 1.54) is 0 Å². The van der Waals surface area contributed by atoms with Crippen LogP contribution in [0.2, 0.25) is 0 Å². The van der Waals surface area contributed by atoms with Gasteiger partial charge < -0.3 is 16.2 Å². The second-order valence-corrected chi connectivity index (χ2v) is 4.25. The summed E-state index contributed by atoms with van der Waals surface area (Å²) in [6.45, 7) is 5.33. The van der Waals surface area contributed by atoms with Crippen LogP contribution in [0.5, 0.6) is 0 Å². The number of nitrogens with two attached hydrogens (primary N) is 1. The lowest BCUT2D eigenvalue weighted by molar-refractivity contribution is -0.125. The van der Waals surface area contributed by atoms with Crippen LogP contribution in [0.25, 0.3) is 0 Å². The van der Waals surface area contributed by atoms with Crippen molar-refractivity contribution >= 4 is 5.91 Å². The van der Waals surface area contributed by atoms with Gasteiger partial charge in [-0.25, -0.2) is 0 Å². The van der Waals surface area contributed by atoms with Crippen molar-refractivity contribution in [3.63, 3.8) is 0 Å². The highest BCUT2D eigenvalue weighted by Crippen LogP contribution is 2.10. The highest BCUT2D eigenvalue weighted by Gasteiger charge is 2.15. The predicted molar refractivity (Wildman–Crippen MR) is 65.9 cm³/mol. The summed E-state index contributed by atoms with van der Waals surface area (Å²) >= 11 is 0. The van der Waals surface area contributed by atoms with Gasteiger partial charge in [-0.15, -0.1) is 0 Å². The highest BCUT2D eigenvalue weighted by molar-refractivity contribution is 5.78. The largest absolute Gasteiger partial charge is 0.396 e. The Labute approximate surface area is 98.6 Å². The molecule has 0 rings (SSSR count). The molecule has 2 unspecified atom stereocenters. The van der Waals surface area contributed by atoms with Crippen LogP contribution in [0, 0.1) is 11.8 Å². The van der Waals surface area contributed by atoms with Crippen molar-refractivity contribution in [2.45, 2.75) is 39.5 Å². The normalized spacial score (nSPS) is 14.5. The Morgan fingerprint density at radius 3 is 2.50 bits per heavy atom. The third-order valence-corrected chi connectivity index (χ3v) is 2.95. The van der Waals surface area contributed by atoms with Crippen molar-refractivity contribution < 1.29 is 9.90 Å². The number of amides is 1. The molecule has 0 aromatic rings. The molecule has 0 saturated heterocycles. The van der Waals surface area contributed by atoms with Gasteiger partial charge in [0.05, 0.1) is 0 Å². The summed E-state index contributed by atoms with van der Waals surface area (Å²) in [5.74, 6) is 0.356. The topological polar surface area (TPSA) is 75.3 Å². The molecule has 0 aliphatic heterocycles. The molecule has 0 spiro atoms. The molecule has 0 aromatic heterocycles. The molecule has 2 atom stereocenters. The molecular formula is C12H26N2O2. The minimum atomic E-state index is -0.0728. The fourth-order valence-corrected chi connectivity index (χ4v) is 1.79. The van der Waals surface area contributed by atoms with Crippen molar-refractivity contribution in [2.24, 2.45) is 17.6 Å². The van der Waals surface area contributed by atoms with E-state index in [2.05, 4.69) is 12.2 Å².